The van der Waals surface area contributed by atoms with Crippen LogP contribution in [0.15, 0.2) is 18.5 Å². The SMILES string of the molecule is CCCNc1nc(NC(C)CCO)nc(-n2cccn2)n1. The third-order valence-corrected chi connectivity index (χ3v) is 2.80. The van der Waals surface area contributed by atoms with Crippen molar-refractivity contribution in [2.24, 2.45) is 0 Å². The van der Waals surface area contributed by atoms with E-state index in [0.717, 1.165) is 13.0 Å². The van der Waals surface area contributed by atoms with Gasteiger partial charge in [-0.25, -0.2) is 4.68 Å². The highest BCUT2D eigenvalue weighted by Crippen LogP contribution is 2.10. The largest absolute Gasteiger partial charge is 0.396 e. The molecule has 8 nitrogen and oxygen atoms in total. The van der Waals surface area contributed by atoms with Gasteiger partial charge in [0.2, 0.25) is 11.9 Å². The lowest BCUT2D eigenvalue weighted by Gasteiger charge is -2.14. The first-order valence-corrected chi connectivity index (χ1v) is 7.10. The molecule has 0 spiro atoms. The molecule has 1 unspecified atom stereocenters. The van der Waals surface area contributed by atoms with E-state index in [-0.39, 0.29) is 12.6 Å². The molecule has 0 bridgehead atoms. The summed E-state index contributed by atoms with van der Waals surface area (Å²) >= 11 is 0. The van der Waals surface area contributed by atoms with E-state index in [1.165, 1.54) is 0 Å². The van der Waals surface area contributed by atoms with Gasteiger partial charge in [-0.3, -0.25) is 0 Å². The standard InChI is InChI=1S/C13H21N7O/c1-3-6-14-11-17-12(16-10(2)5-9-21)19-13(18-11)20-8-4-7-15-20/h4,7-8,10,21H,3,5-6,9H2,1-2H3,(H2,14,16,17,18,19). The molecule has 0 aromatic carbocycles. The molecule has 2 aromatic heterocycles. The van der Waals surface area contributed by atoms with E-state index in [0.29, 0.717) is 24.3 Å². The summed E-state index contributed by atoms with van der Waals surface area (Å²) in [5.74, 6) is 1.43. The van der Waals surface area contributed by atoms with Crippen molar-refractivity contribution in [3.05, 3.63) is 18.5 Å². The van der Waals surface area contributed by atoms with Crippen LogP contribution in [-0.2, 0) is 0 Å². The van der Waals surface area contributed by atoms with Gasteiger partial charge in [0.05, 0.1) is 0 Å². The van der Waals surface area contributed by atoms with Crippen LogP contribution in [-0.4, -0.2) is 49.0 Å². The molecule has 114 valence electrons. The Morgan fingerprint density at radius 2 is 2.10 bits per heavy atom. The minimum atomic E-state index is 0.0712. The van der Waals surface area contributed by atoms with Crippen LogP contribution < -0.4 is 10.6 Å². The van der Waals surface area contributed by atoms with Crippen LogP contribution in [0.3, 0.4) is 0 Å². The summed E-state index contributed by atoms with van der Waals surface area (Å²) in [6, 6.07) is 1.88. The molecule has 0 saturated heterocycles. The molecule has 0 aliphatic rings. The van der Waals surface area contributed by atoms with Gasteiger partial charge in [-0.05, 0) is 25.8 Å². The Morgan fingerprint density at radius 1 is 1.29 bits per heavy atom. The first-order chi connectivity index (χ1) is 10.2. The van der Waals surface area contributed by atoms with Gasteiger partial charge in [-0.1, -0.05) is 6.92 Å². The fourth-order valence-corrected chi connectivity index (χ4v) is 1.72. The fourth-order valence-electron chi connectivity index (χ4n) is 1.72. The topological polar surface area (TPSA) is 101 Å². The zero-order valence-electron chi connectivity index (χ0n) is 12.3. The van der Waals surface area contributed by atoms with Crippen molar-refractivity contribution in [1.82, 2.24) is 24.7 Å². The molecule has 2 aromatic rings. The zero-order chi connectivity index (χ0) is 15.1. The summed E-state index contributed by atoms with van der Waals surface area (Å²) in [4.78, 5) is 13.0. The van der Waals surface area contributed by atoms with E-state index in [2.05, 4.69) is 37.6 Å². The summed E-state index contributed by atoms with van der Waals surface area (Å²) in [6.07, 6.45) is 5.05. The number of aliphatic hydroxyl groups excluding tert-OH is 1. The maximum absolute atomic E-state index is 8.97. The second kappa shape index (κ2) is 7.53. The van der Waals surface area contributed by atoms with Crippen LogP contribution in [0, 0.1) is 0 Å². The summed E-state index contributed by atoms with van der Waals surface area (Å²) in [6.45, 7) is 4.94. The van der Waals surface area contributed by atoms with Crippen molar-refractivity contribution >= 4 is 11.9 Å². The van der Waals surface area contributed by atoms with Crippen molar-refractivity contribution < 1.29 is 5.11 Å². The Kier molecular flexibility index (Phi) is 5.44. The molecule has 2 rings (SSSR count). The highest BCUT2D eigenvalue weighted by atomic mass is 16.3. The number of aromatic nitrogens is 5. The van der Waals surface area contributed by atoms with Crippen molar-refractivity contribution in [2.45, 2.75) is 32.7 Å². The van der Waals surface area contributed by atoms with E-state index in [1.807, 2.05) is 13.0 Å². The Balaban J connectivity index is 2.24. The van der Waals surface area contributed by atoms with Crippen molar-refractivity contribution in [3.63, 3.8) is 0 Å². The molecule has 0 aliphatic heterocycles. The van der Waals surface area contributed by atoms with Gasteiger partial charge >= 0.3 is 0 Å². The number of hydrogen-bond donors (Lipinski definition) is 3. The van der Waals surface area contributed by atoms with Crippen LogP contribution in [0.1, 0.15) is 26.7 Å². The lowest BCUT2D eigenvalue weighted by molar-refractivity contribution is 0.282. The maximum Gasteiger partial charge on any atom is 0.257 e. The van der Waals surface area contributed by atoms with Crippen LogP contribution in [0.25, 0.3) is 5.95 Å². The molecule has 0 aliphatic carbocycles. The Bertz CT molecular complexity index is 543. The zero-order valence-corrected chi connectivity index (χ0v) is 12.3. The van der Waals surface area contributed by atoms with Gasteiger partial charge in [0.15, 0.2) is 0 Å². The number of hydrogen-bond acceptors (Lipinski definition) is 7. The predicted molar refractivity (Wildman–Crippen MR) is 80.5 cm³/mol. The number of rotatable bonds is 8. The summed E-state index contributed by atoms with van der Waals surface area (Å²) < 4.78 is 1.58. The molecule has 0 fully saturated rings. The molecular formula is C13H21N7O. The second-order valence-corrected chi connectivity index (χ2v) is 4.72. The van der Waals surface area contributed by atoms with Gasteiger partial charge in [0.1, 0.15) is 0 Å². The maximum atomic E-state index is 8.97. The first-order valence-electron chi connectivity index (χ1n) is 7.10. The number of nitrogens with one attached hydrogen (secondary N) is 2. The van der Waals surface area contributed by atoms with Gasteiger partial charge in [0, 0.05) is 31.6 Å². The van der Waals surface area contributed by atoms with Crippen LogP contribution in [0.4, 0.5) is 11.9 Å². The van der Waals surface area contributed by atoms with Crippen molar-refractivity contribution in [3.8, 4) is 5.95 Å². The minimum Gasteiger partial charge on any atom is -0.396 e. The molecule has 3 N–H and O–H groups in total. The van der Waals surface area contributed by atoms with E-state index in [9.17, 15) is 0 Å². The van der Waals surface area contributed by atoms with E-state index in [4.69, 9.17) is 5.11 Å². The average molecular weight is 291 g/mol. The molecular weight excluding hydrogens is 270 g/mol. The Hall–Kier alpha value is -2.22. The second-order valence-electron chi connectivity index (χ2n) is 4.72. The van der Waals surface area contributed by atoms with Gasteiger partial charge in [-0.15, -0.1) is 0 Å². The van der Waals surface area contributed by atoms with Crippen molar-refractivity contribution in [2.75, 3.05) is 23.8 Å². The van der Waals surface area contributed by atoms with Crippen molar-refractivity contribution in [1.29, 1.82) is 0 Å². The van der Waals surface area contributed by atoms with Gasteiger partial charge in [-0.2, -0.15) is 20.1 Å². The van der Waals surface area contributed by atoms with Crippen LogP contribution in [0.2, 0.25) is 0 Å². The molecule has 1 atom stereocenters. The lowest BCUT2D eigenvalue weighted by atomic mass is 10.2. The number of nitrogens with zero attached hydrogens (tertiary/aromatic N) is 5. The van der Waals surface area contributed by atoms with Gasteiger partial charge < -0.3 is 15.7 Å². The number of anilines is 2. The molecule has 0 radical (unpaired) electrons. The van der Waals surface area contributed by atoms with E-state index < -0.39 is 0 Å². The number of aliphatic hydroxyl groups is 1. The summed E-state index contributed by atoms with van der Waals surface area (Å²) in [5.41, 5.74) is 0. The molecule has 21 heavy (non-hydrogen) atoms. The smallest absolute Gasteiger partial charge is 0.257 e. The fraction of sp³-hybridized carbons (Fsp3) is 0.538. The Morgan fingerprint density at radius 3 is 2.76 bits per heavy atom. The highest BCUT2D eigenvalue weighted by molar-refractivity contribution is 5.38. The summed E-state index contributed by atoms with van der Waals surface area (Å²) in [5, 5.41) is 19.4. The monoisotopic (exact) mass is 291 g/mol. The van der Waals surface area contributed by atoms with E-state index in [1.54, 1.807) is 17.1 Å². The van der Waals surface area contributed by atoms with Crippen LogP contribution in [0.5, 0.6) is 0 Å². The van der Waals surface area contributed by atoms with Crippen LogP contribution >= 0.6 is 0 Å². The predicted octanol–water partition coefficient (Wildman–Crippen LogP) is 1.06. The summed E-state index contributed by atoms with van der Waals surface area (Å²) in [7, 11) is 0. The quantitative estimate of drug-likeness (QED) is 0.668. The normalized spacial score (nSPS) is 12.1. The molecule has 0 saturated carbocycles. The highest BCUT2D eigenvalue weighted by Gasteiger charge is 2.10. The third kappa shape index (κ3) is 4.38. The average Bonchev–Trinajstić information content (AvgIpc) is 2.99. The third-order valence-electron chi connectivity index (χ3n) is 2.80. The minimum absolute atomic E-state index is 0.0712. The Labute approximate surface area is 123 Å². The van der Waals surface area contributed by atoms with E-state index >= 15 is 0 Å². The molecule has 2 heterocycles. The first kappa shape index (κ1) is 15.2. The molecule has 0 amide bonds. The molecule has 8 heteroatoms. The lowest BCUT2D eigenvalue weighted by Crippen LogP contribution is -2.20. The van der Waals surface area contributed by atoms with Gasteiger partial charge in [0.25, 0.3) is 5.95 Å².